The fourth-order valence-electron chi connectivity index (χ4n) is 4.66. The van der Waals surface area contributed by atoms with E-state index in [2.05, 4.69) is 49.7 Å². The Hall–Kier alpha value is -1.81. The first-order valence-corrected chi connectivity index (χ1v) is 9.61. The molecule has 4 rings (SSSR count). The van der Waals surface area contributed by atoms with E-state index in [1.54, 1.807) is 0 Å². The monoisotopic (exact) mass is 339 g/mol. The molecule has 1 unspecified atom stereocenters. The molecule has 2 fully saturated rings. The number of piperidine rings is 1. The number of carbonyl (C=O) groups is 1. The van der Waals surface area contributed by atoms with Crippen LogP contribution in [0.25, 0.3) is 10.9 Å². The van der Waals surface area contributed by atoms with E-state index in [-0.39, 0.29) is 5.91 Å². The van der Waals surface area contributed by atoms with Crippen LogP contribution in [0.5, 0.6) is 0 Å². The van der Waals surface area contributed by atoms with Crippen molar-refractivity contribution in [3.8, 4) is 0 Å². The highest BCUT2D eigenvalue weighted by molar-refractivity contribution is 6.02. The Morgan fingerprint density at radius 2 is 1.84 bits per heavy atom. The van der Waals surface area contributed by atoms with Crippen LogP contribution in [0.1, 0.15) is 53.4 Å². The zero-order chi connectivity index (χ0) is 17.7. The van der Waals surface area contributed by atoms with Crippen LogP contribution >= 0.6 is 0 Å². The number of carbonyl (C=O) groups excluding carboxylic acids is 1. The summed E-state index contributed by atoms with van der Waals surface area (Å²) >= 11 is 0. The number of H-pyrrole nitrogens is 1. The van der Waals surface area contributed by atoms with Crippen LogP contribution in [-0.2, 0) is 0 Å². The fraction of sp³-hybridized carbons (Fsp3) is 0.571. The van der Waals surface area contributed by atoms with Crippen molar-refractivity contribution in [1.82, 2.24) is 14.8 Å². The van der Waals surface area contributed by atoms with E-state index in [9.17, 15) is 4.79 Å². The topological polar surface area (TPSA) is 39.3 Å². The van der Waals surface area contributed by atoms with Crippen LogP contribution in [0.15, 0.2) is 12.1 Å². The van der Waals surface area contributed by atoms with Crippen LogP contribution in [0, 0.1) is 20.8 Å². The van der Waals surface area contributed by atoms with Crippen molar-refractivity contribution in [2.75, 3.05) is 19.6 Å². The molecule has 3 heterocycles. The van der Waals surface area contributed by atoms with Gasteiger partial charge in [-0.05, 0) is 63.8 Å². The van der Waals surface area contributed by atoms with Crippen molar-refractivity contribution in [3.63, 3.8) is 0 Å². The third kappa shape index (κ3) is 2.67. The van der Waals surface area contributed by atoms with Gasteiger partial charge in [0, 0.05) is 36.1 Å². The summed E-state index contributed by atoms with van der Waals surface area (Å²) in [6.45, 7) is 11.6. The minimum Gasteiger partial charge on any atom is -0.350 e. The third-order valence-corrected chi connectivity index (χ3v) is 6.31. The van der Waals surface area contributed by atoms with Crippen molar-refractivity contribution < 1.29 is 4.79 Å². The summed E-state index contributed by atoms with van der Waals surface area (Å²) in [7, 11) is 0. The molecule has 25 heavy (non-hydrogen) atoms. The first-order chi connectivity index (χ1) is 12.0. The molecule has 4 heteroatoms. The average Bonchev–Trinajstić information content (AvgIpc) is 2.90. The van der Waals surface area contributed by atoms with Gasteiger partial charge >= 0.3 is 0 Å². The zero-order valence-corrected chi connectivity index (χ0v) is 15.9. The second-order valence-electron chi connectivity index (χ2n) is 8.02. The van der Waals surface area contributed by atoms with Gasteiger partial charge in [-0.15, -0.1) is 0 Å². The van der Waals surface area contributed by atoms with E-state index in [4.69, 9.17) is 0 Å². The number of hydrogen-bond acceptors (Lipinski definition) is 2. The van der Waals surface area contributed by atoms with Gasteiger partial charge in [-0.2, -0.15) is 0 Å². The summed E-state index contributed by atoms with van der Waals surface area (Å²) in [6.07, 6.45) is 3.94. The largest absolute Gasteiger partial charge is 0.350 e. The van der Waals surface area contributed by atoms with Gasteiger partial charge in [-0.1, -0.05) is 18.6 Å². The molecule has 134 valence electrons. The summed E-state index contributed by atoms with van der Waals surface area (Å²) in [5.74, 6) is 0.161. The van der Waals surface area contributed by atoms with Gasteiger partial charge in [0.2, 0.25) is 0 Å². The average molecular weight is 339 g/mol. The molecular weight excluding hydrogens is 310 g/mol. The molecule has 1 amide bonds. The molecule has 1 aromatic heterocycles. The Morgan fingerprint density at radius 1 is 1.12 bits per heavy atom. The van der Waals surface area contributed by atoms with Crippen molar-refractivity contribution in [2.45, 2.75) is 59.0 Å². The lowest BCUT2D eigenvalue weighted by Crippen LogP contribution is -2.63. The Labute approximate surface area is 150 Å². The number of nitrogens with zero attached hydrogens (tertiary/aromatic N) is 2. The second kappa shape index (κ2) is 6.17. The van der Waals surface area contributed by atoms with Gasteiger partial charge in [-0.3, -0.25) is 9.69 Å². The standard InChI is InChI=1S/C21H29N3O/c1-13-8-9-14(2)19-18(13)16(4)20(22-19)21(25)23-11-17(12-23)24-10-6-5-7-15(24)3/h8-9,15,17,22H,5-7,10-12H2,1-4H3. The number of aryl methyl sites for hydroxylation is 3. The van der Waals surface area contributed by atoms with Crippen LogP contribution in [0.3, 0.4) is 0 Å². The minimum atomic E-state index is 0.161. The highest BCUT2D eigenvalue weighted by Gasteiger charge is 2.38. The number of fused-ring (bicyclic) bond motifs is 1. The normalized spacial score (nSPS) is 22.4. The van der Waals surface area contributed by atoms with Gasteiger partial charge in [0.05, 0.1) is 0 Å². The predicted molar refractivity (Wildman–Crippen MR) is 102 cm³/mol. The van der Waals surface area contributed by atoms with Gasteiger partial charge in [-0.25, -0.2) is 0 Å². The Balaban J connectivity index is 1.53. The summed E-state index contributed by atoms with van der Waals surface area (Å²) in [4.78, 5) is 21.1. The first kappa shape index (κ1) is 16.6. The van der Waals surface area contributed by atoms with E-state index in [0.717, 1.165) is 29.9 Å². The van der Waals surface area contributed by atoms with Gasteiger partial charge in [0.1, 0.15) is 5.69 Å². The molecule has 0 saturated carbocycles. The quantitative estimate of drug-likeness (QED) is 0.904. The molecule has 0 spiro atoms. The van der Waals surface area contributed by atoms with E-state index in [1.807, 2.05) is 4.90 Å². The SMILES string of the molecule is Cc1ccc(C)c2c(C)c(C(=O)N3CC(N4CCCCC4C)C3)[nH]c12. The molecule has 2 aliphatic heterocycles. The number of aromatic nitrogens is 1. The Morgan fingerprint density at radius 3 is 2.52 bits per heavy atom. The van der Waals surface area contributed by atoms with Crippen LogP contribution in [-0.4, -0.2) is 52.4 Å². The molecule has 0 aliphatic carbocycles. The van der Waals surface area contributed by atoms with Gasteiger partial charge in [0.15, 0.2) is 0 Å². The minimum absolute atomic E-state index is 0.161. The predicted octanol–water partition coefficient (Wildman–Crippen LogP) is 3.79. The van der Waals surface area contributed by atoms with Crippen LogP contribution in [0.2, 0.25) is 0 Å². The highest BCUT2D eigenvalue weighted by atomic mass is 16.2. The number of nitrogens with one attached hydrogen (secondary N) is 1. The molecule has 1 aromatic carbocycles. The second-order valence-corrected chi connectivity index (χ2v) is 8.02. The molecule has 0 radical (unpaired) electrons. The first-order valence-electron chi connectivity index (χ1n) is 9.61. The zero-order valence-electron chi connectivity index (χ0n) is 15.9. The van der Waals surface area contributed by atoms with Gasteiger partial charge in [0.25, 0.3) is 5.91 Å². The lowest BCUT2D eigenvalue weighted by Gasteiger charge is -2.49. The van der Waals surface area contributed by atoms with E-state index in [1.165, 1.54) is 42.3 Å². The van der Waals surface area contributed by atoms with Crippen molar-refractivity contribution in [3.05, 3.63) is 34.5 Å². The number of aromatic amines is 1. The van der Waals surface area contributed by atoms with Crippen LogP contribution < -0.4 is 0 Å². The van der Waals surface area contributed by atoms with Gasteiger partial charge < -0.3 is 9.88 Å². The molecule has 2 aromatic rings. The summed E-state index contributed by atoms with van der Waals surface area (Å²) < 4.78 is 0. The molecule has 0 bridgehead atoms. The summed E-state index contributed by atoms with van der Waals surface area (Å²) in [5.41, 5.74) is 5.42. The Kier molecular flexibility index (Phi) is 4.11. The van der Waals surface area contributed by atoms with Crippen molar-refractivity contribution in [2.24, 2.45) is 0 Å². The fourth-order valence-corrected chi connectivity index (χ4v) is 4.66. The molecule has 2 saturated heterocycles. The lowest BCUT2D eigenvalue weighted by molar-refractivity contribution is 0.00182. The molecule has 4 nitrogen and oxygen atoms in total. The number of likely N-dealkylation sites (tertiary alicyclic amines) is 2. The van der Waals surface area contributed by atoms with E-state index >= 15 is 0 Å². The van der Waals surface area contributed by atoms with E-state index < -0.39 is 0 Å². The lowest BCUT2D eigenvalue weighted by atomic mass is 9.97. The molecular formula is C21H29N3O. The number of amides is 1. The highest BCUT2D eigenvalue weighted by Crippen LogP contribution is 2.30. The third-order valence-electron chi connectivity index (χ3n) is 6.31. The smallest absolute Gasteiger partial charge is 0.270 e. The summed E-state index contributed by atoms with van der Waals surface area (Å²) in [6, 6.07) is 5.48. The maximum Gasteiger partial charge on any atom is 0.270 e. The number of benzene rings is 1. The van der Waals surface area contributed by atoms with E-state index in [0.29, 0.717) is 12.1 Å². The van der Waals surface area contributed by atoms with Crippen LogP contribution in [0.4, 0.5) is 0 Å². The summed E-state index contributed by atoms with van der Waals surface area (Å²) in [5, 5.41) is 1.21. The molecule has 1 atom stereocenters. The number of hydrogen-bond donors (Lipinski definition) is 1. The Bertz CT molecular complexity index is 816. The maximum absolute atomic E-state index is 13.0. The molecule has 2 aliphatic rings. The molecule has 1 N–H and O–H groups in total. The number of rotatable bonds is 2. The van der Waals surface area contributed by atoms with Crippen molar-refractivity contribution in [1.29, 1.82) is 0 Å². The maximum atomic E-state index is 13.0. The van der Waals surface area contributed by atoms with Crippen molar-refractivity contribution >= 4 is 16.8 Å².